The van der Waals surface area contributed by atoms with Crippen molar-refractivity contribution in [2.45, 2.75) is 125 Å². The van der Waals surface area contributed by atoms with Gasteiger partial charge in [0, 0.05) is 53.2 Å². The summed E-state index contributed by atoms with van der Waals surface area (Å²) in [5, 5.41) is 0. The maximum atomic E-state index is 12.2. The lowest BCUT2D eigenvalue weighted by Crippen LogP contribution is -2.28. The average molecular weight is 998 g/mol. The Kier molecular flexibility index (Phi) is 15.4. The molecule has 0 aromatic heterocycles. The van der Waals surface area contributed by atoms with Gasteiger partial charge in [-0.25, -0.2) is 33.7 Å². The van der Waals surface area contributed by atoms with E-state index in [1.165, 1.54) is 36.4 Å². The Bertz CT molecular complexity index is 3020. The minimum absolute atomic E-state index is 0.0811. The van der Waals surface area contributed by atoms with E-state index in [-0.39, 0.29) is 23.6 Å². The van der Waals surface area contributed by atoms with E-state index in [1.807, 2.05) is 56.9 Å². The molecule has 3 aliphatic rings. The molecule has 0 atom stereocenters. The van der Waals surface area contributed by atoms with Crippen molar-refractivity contribution in [2.24, 2.45) is 5.92 Å². The van der Waals surface area contributed by atoms with E-state index >= 15 is 0 Å². The van der Waals surface area contributed by atoms with Gasteiger partial charge in [0.2, 0.25) is 5.69 Å². The van der Waals surface area contributed by atoms with Crippen LogP contribution in [0.1, 0.15) is 110 Å². The summed E-state index contributed by atoms with van der Waals surface area (Å²) in [4.78, 5) is 0.767. The van der Waals surface area contributed by atoms with Crippen molar-refractivity contribution in [1.82, 2.24) is 0 Å². The van der Waals surface area contributed by atoms with Crippen LogP contribution in [-0.4, -0.2) is 81.0 Å². The summed E-state index contributed by atoms with van der Waals surface area (Å²) in [6, 6.07) is 13.7. The Balaban J connectivity index is 1.48. The third-order valence-corrected chi connectivity index (χ3v) is 16.0. The zero-order valence-electron chi connectivity index (χ0n) is 38.5. The van der Waals surface area contributed by atoms with Crippen LogP contribution in [-0.2, 0) is 51.3 Å². The predicted octanol–water partition coefficient (Wildman–Crippen LogP) is 8.00. The highest BCUT2D eigenvalue weighted by Crippen LogP contribution is 2.49. The lowest BCUT2D eigenvalue weighted by Gasteiger charge is -2.28. The summed E-state index contributed by atoms with van der Waals surface area (Å²) in [5.41, 5.74) is 4.12. The van der Waals surface area contributed by atoms with Gasteiger partial charge in [0.25, 0.3) is 0 Å². The van der Waals surface area contributed by atoms with E-state index in [2.05, 4.69) is 18.4 Å². The molecule has 3 aromatic carbocycles. The van der Waals surface area contributed by atoms with Crippen molar-refractivity contribution in [1.29, 1.82) is 0 Å². The first kappa shape index (κ1) is 51.9. The molecule has 3 aromatic rings. The highest BCUT2D eigenvalue weighted by molar-refractivity contribution is 7.86. The molecule has 2 heterocycles. The van der Waals surface area contributed by atoms with Crippen LogP contribution in [0.5, 0.6) is 5.75 Å². The Labute approximate surface area is 395 Å². The number of ether oxygens (including phenoxy) is 1. The second-order valence-electron chi connectivity index (χ2n) is 18.7. The van der Waals surface area contributed by atoms with Crippen molar-refractivity contribution in [3.05, 3.63) is 119 Å². The Morgan fingerprint density at radius 3 is 1.91 bits per heavy atom. The molecule has 1 aliphatic carbocycles. The molecule has 0 amide bonds. The molecule has 0 radical (unpaired) electrons. The molecule has 6 rings (SSSR count). The fraction of sp³-hybridized carbons (Fsp3) is 0.438. The zero-order chi connectivity index (χ0) is 49.3. The molecule has 0 fully saturated rings. The highest BCUT2D eigenvalue weighted by Gasteiger charge is 2.45. The van der Waals surface area contributed by atoms with Gasteiger partial charge in [-0.2, -0.15) is 4.58 Å². The number of fused-ring (bicyclic) bond motifs is 2. The molecule has 67 heavy (non-hydrogen) atoms. The van der Waals surface area contributed by atoms with Crippen molar-refractivity contribution in [2.75, 3.05) is 23.7 Å². The molecule has 0 bridgehead atoms. The van der Waals surface area contributed by atoms with Crippen LogP contribution < -0.4 is 9.64 Å². The van der Waals surface area contributed by atoms with E-state index in [1.54, 1.807) is 12.1 Å². The molecule has 0 spiro atoms. The maximum Gasteiger partial charge on any atom is 0.209 e. The number of hydrogen-bond acceptors (Lipinski definition) is 14. The number of unbranched alkanes of at least 4 members (excludes halogenated alkanes) is 3. The summed E-state index contributed by atoms with van der Waals surface area (Å²) in [5.74, 6) is 0.711. The Morgan fingerprint density at radius 1 is 0.687 bits per heavy atom. The summed E-state index contributed by atoms with van der Waals surface area (Å²) < 4.78 is 151. The van der Waals surface area contributed by atoms with Crippen molar-refractivity contribution < 1.29 is 61.2 Å². The number of nitrogens with zero attached hydrogens (tertiary/aromatic N) is 2. The van der Waals surface area contributed by atoms with E-state index in [0.29, 0.717) is 66.4 Å². The minimum atomic E-state index is -4.81. The molecule has 0 unspecified atom stereocenters. The van der Waals surface area contributed by atoms with E-state index in [0.717, 1.165) is 60.4 Å². The van der Waals surface area contributed by atoms with Gasteiger partial charge in [-0.15, -0.1) is 0 Å². The molecule has 2 aliphatic heterocycles. The smallest absolute Gasteiger partial charge is 0.209 e. The van der Waals surface area contributed by atoms with E-state index < -0.39 is 66.8 Å². The van der Waals surface area contributed by atoms with Crippen molar-refractivity contribution in [3.8, 4) is 5.75 Å². The van der Waals surface area contributed by atoms with Gasteiger partial charge < -0.3 is 27.8 Å². The second kappa shape index (κ2) is 19.9. The van der Waals surface area contributed by atoms with Gasteiger partial charge in [-0.1, -0.05) is 46.6 Å². The van der Waals surface area contributed by atoms with Crippen LogP contribution in [0.2, 0.25) is 0 Å². The van der Waals surface area contributed by atoms with Gasteiger partial charge in [-0.3, -0.25) is 0 Å². The summed E-state index contributed by atoms with van der Waals surface area (Å²) >= 11 is 0. The molecular weight excluding hydrogens is 941 g/mol. The number of benzene rings is 3. The normalized spacial score (nSPS) is 18.8. The molecule has 0 N–H and O–H groups in total. The van der Waals surface area contributed by atoms with E-state index in [4.69, 9.17) is 4.74 Å². The summed E-state index contributed by atoms with van der Waals surface area (Å²) in [6.45, 7) is 13.0. The van der Waals surface area contributed by atoms with Crippen LogP contribution in [0.15, 0.2) is 122 Å². The third kappa shape index (κ3) is 12.2. The molecule has 15 nitrogen and oxygen atoms in total. The summed E-state index contributed by atoms with van der Waals surface area (Å²) in [6.07, 6.45) is 13.8. The largest absolute Gasteiger partial charge is 0.748 e. The second-order valence-corrected chi connectivity index (χ2v) is 24.4. The summed E-state index contributed by atoms with van der Waals surface area (Å²) in [7, 11) is -18.8. The minimum Gasteiger partial charge on any atom is -0.748 e. The fourth-order valence-corrected chi connectivity index (χ4v) is 11.2. The lowest BCUT2D eigenvalue weighted by atomic mass is 9.81. The molecule has 0 saturated carbocycles. The quantitative estimate of drug-likeness (QED) is 0.0628. The monoisotopic (exact) mass is 997 g/mol. The van der Waals surface area contributed by atoms with Crippen LogP contribution >= 0.6 is 0 Å². The van der Waals surface area contributed by atoms with Crippen LogP contribution in [0.3, 0.4) is 0 Å². The van der Waals surface area contributed by atoms with Crippen molar-refractivity contribution >= 4 is 57.6 Å². The first-order valence-corrected chi connectivity index (χ1v) is 28.0. The first-order chi connectivity index (χ1) is 31.1. The average Bonchev–Trinajstić information content (AvgIpc) is 3.57. The first-order valence-electron chi connectivity index (χ1n) is 22.2. The molecular formula is C48H57N2O13S4-3. The van der Waals surface area contributed by atoms with Crippen LogP contribution in [0.4, 0.5) is 11.4 Å². The van der Waals surface area contributed by atoms with Gasteiger partial charge in [0.1, 0.15) is 48.4 Å². The van der Waals surface area contributed by atoms with Crippen LogP contribution in [0.25, 0.3) is 0 Å². The Hall–Kier alpha value is -4.47. The predicted molar refractivity (Wildman–Crippen MR) is 250 cm³/mol. The third-order valence-electron chi connectivity index (χ3n) is 12.7. The number of anilines is 1. The molecule has 0 saturated heterocycles. The standard InChI is InChI=1S/C48H60N2O13S4/c1-33(2)13-8-7-9-28-49-42-24-22-38(66(57,58)59)31-40(42)47(3,4)44(49)26-16-34-14-12-15-35(46(34)63-36-18-20-37(21-19-36)65(54,55)56)17-27-45-48(5,6)41-32-39(67(60,61)62)23-25-43(41)50(45)29-10-11-30-64(51,52)53/h16-27,31-33H,7-15,28-30H2,1-6H3,(H3-,51,52,53,54,55,56,57,58,59,60,61,62)/p-3. The maximum absolute atomic E-state index is 12.2. The topological polar surface area (TPSA) is 244 Å². The lowest BCUT2D eigenvalue weighted by molar-refractivity contribution is -0.438. The number of allylic oxidation sites excluding steroid dienone is 7. The Morgan fingerprint density at radius 2 is 1.30 bits per heavy atom. The molecule has 364 valence electrons. The molecule has 19 heteroatoms. The highest BCUT2D eigenvalue weighted by atomic mass is 32.2. The number of rotatable bonds is 19. The van der Waals surface area contributed by atoms with Gasteiger partial charge in [0.15, 0.2) is 5.71 Å². The van der Waals surface area contributed by atoms with E-state index in [9.17, 15) is 51.9 Å². The zero-order valence-corrected chi connectivity index (χ0v) is 41.7. The SMILES string of the molecule is CC(C)CCCCC[N+]1=C(/C=C/C2=C(Oc3ccc(S(=O)(=O)[O-])cc3)C(=C/C=C3/N(CCCCS(=O)(=O)[O-])c4ccc(S(=O)(=O)[O-])cc4C3(C)C)/CCC2)C(C)(C)c2cc(S(=O)(=O)[O-])ccc21. The van der Waals surface area contributed by atoms with Gasteiger partial charge >= 0.3 is 0 Å². The van der Waals surface area contributed by atoms with Gasteiger partial charge in [0.05, 0.1) is 30.2 Å². The fourth-order valence-electron chi connectivity index (χ4n) is 9.15. The van der Waals surface area contributed by atoms with Crippen molar-refractivity contribution in [3.63, 3.8) is 0 Å². The van der Waals surface area contributed by atoms with Crippen LogP contribution in [0, 0.1) is 5.92 Å². The number of hydrogen-bond donors (Lipinski definition) is 0. The van der Waals surface area contributed by atoms with Gasteiger partial charge in [-0.05, 0) is 142 Å².